The number of hydrogen-bond donors (Lipinski definition) is 1. The summed E-state index contributed by atoms with van der Waals surface area (Å²) in [6, 6.07) is 23.7. The van der Waals surface area contributed by atoms with Crippen LogP contribution >= 0.6 is 0 Å². The van der Waals surface area contributed by atoms with Gasteiger partial charge in [0.25, 0.3) is 0 Å². The summed E-state index contributed by atoms with van der Waals surface area (Å²) in [7, 11) is 0. The van der Waals surface area contributed by atoms with E-state index in [0.717, 1.165) is 28.0 Å². The van der Waals surface area contributed by atoms with Crippen molar-refractivity contribution in [2.24, 2.45) is 0 Å². The fourth-order valence-electron chi connectivity index (χ4n) is 3.56. The number of aromatic carboxylic acids is 1. The topological polar surface area (TPSA) is 55.1 Å². The van der Waals surface area contributed by atoms with E-state index in [4.69, 9.17) is 4.98 Å². The van der Waals surface area contributed by atoms with Crippen LogP contribution in [-0.2, 0) is 12.0 Å². The molecule has 1 heterocycles. The van der Waals surface area contributed by atoms with Crippen LogP contribution in [-0.4, -0.2) is 20.6 Å². The van der Waals surface area contributed by atoms with Crippen LogP contribution in [0.15, 0.2) is 72.8 Å². The molecule has 0 saturated carbocycles. The molecule has 146 valence electrons. The molecule has 0 saturated heterocycles. The van der Waals surface area contributed by atoms with Gasteiger partial charge in [0.05, 0.1) is 16.6 Å². The predicted molar refractivity (Wildman–Crippen MR) is 116 cm³/mol. The highest BCUT2D eigenvalue weighted by Crippen LogP contribution is 2.29. The molecule has 1 aromatic heterocycles. The van der Waals surface area contributed by atoms with E-state index < -0.39 is 5.97 Å². The van der Waals surface area contributed by atoms with Gasteiger partial charge in [-0.1, -0.05) is 69.3 Å². The van der Waals surface area contributed by atoms with E-state index in [1.807, 2.05) is 24.3 Å². The van der Waals surface area contributed by atoms with Gasteiger partial charge in [-0.2, -0.15) is 0 Å². The van der Waals surface area contributed by atoms with Gasteiger partial charge in [0.1, 0.15) is 5.82 Å². The molecule has 4 heteroatoms. The third kappa shape index (κ3) is 3.79. The Labute approximate surface area is 170 Å². The average molecular weight is 384 g/mol. The van der Waals surface area contributed by atoms with E-state index in [9.17, 15) is 9.90 Å². The number of carboxylic acids is 1. The fourth-order valence-corrected chi connectivity index (χ4v) is 3.56. The maximum Gasteiger partial charge on any atom is 0.335 e. The van der Waals surface area contributed by atoms with Gasteiger partial charge in [0.2, 0.25) is 0 Å². The molecule has 29 heavy (non-hydrogen) atoms. The van der Waals surface area contributed by atoms with E-state index in [0.29, 0.717) is 12.1 Å². The van der Waals surface area contributed by atoms with Crippen molar-refractivity contribution in [3.8, 4) is 11.4 Å². The summed E-state index contributed by atoms with van der Waals surface area (Å²) in [5.74, 6) is -0.0345. The molecule has 0 fully saturated rings. The van der Waals surface area contributed by atoms with Gasteiger partial charge in [-0.25, -0.2) is 9.78 Å². The van der Waals surface area contributed by atoms with E-state index in [1.54, 1.807) is 18.2 Å². The molecule has 0 spiro atoms. The lowest BCUT2D eigenvalue weighted by Gasteiger charge is -2.19. The Morgan fingerprint density at radius 1 is 0.966 bits per heavy atom. The highest BCUT2D eigenvalue weighted by Gasteiger charge is 2.16. The van der Waals surface area contributed by atoms with Crippen molar-refractivity contribution in [3.63, 3.8) is 0 Å². The monoisotopic (exact) mass is 384 g/mol. The molecular formula is C25H24N2O2. The summed E-state index contributed by atoms with van der Waals surface area (Å²) in [5, 5.41) is 9.31. The number of para-hydroxylation sites is 2. The van der Waals surface area contributed by atoms with Crippen LogP contribution in [0.4, 0.5) is 0 Å². The zero-order valence-electron chi connectivity index (χ0n) is 16.9. The first-order chi connectivity index (χ1) is 13.8. The van der Waals surface area contributed by atoms with Crippen molar-refractivity contribution < 1.29 is 9.90 Å². The second-order valence-corrected chi connectivity index (χ2v) is 8.34. The number of imidazole rings is 1. The molecule has 1 N–H and O–H groups in total. The lowest BCUT2D eigenvalue weighted by Crippen LogP contribution is -2.10. The smallest absolute Gasteiger partial charge is 0.335 e. The molecule has 0 aliphatic heterocycles. The second kappa shape index (κ2) is 7.21. The van der Waals surface area contributed by atoms with Crippen LogP contribution in [0.25, 0.3) is 22.4 Å². The summed E-state index contributed by atoms with van der Waals surface area (Å²) in [4.78, 5) is 16.2. The standard InChI is InChI=1S/C25H24N2O2/c1-25(2,3)20-13-11-18(12-14-20)23-26-21-9-4-5-10-22(21)27(23)16-17-7-6-8-19(15-17)24(28)29/h4-15H,16H2,1-3H3,(H,28,29). The number of carboxylic acid groups (broad SMARTS) is 1. The Balaban J connectivity index is 1.81. The van der Waals surface area contributed by atoms with Crippen LogP contribution in [0.5, 0.6) is 0 Å². The molecule has 0 unspecified atom stereocenters. The van der Waals surface area contributed by atoms with Crippen molar-refractivity contribution in [2.75, 3.05) is 0 Å². The number of aromatic nitrogens is 2. The molecule has 3 aromatic carbocycles. The van der Waals surface area contributed by atoms with Crippen molar-refractivity contribution in [1.29, 1.82) is 0 Å². The fraction of sp³-hybridized carbons (Fsp3) is 0.200. The molecule has 0 aliphatic rings. The summed E-state index contributed by atoms with van der Waals surface area (Å²) in [6.07, 6.45) is 0. The Morgan fingerprint density at radius 3 is 2.38 bits per heavy atom. The van der Waals surface area contributed by atoms with Gasteiger partial charge in [-0.05, 0) is 40.8 Å². The molecule has 0 amide bonds. The molecule has 4 nitrogen and oxygen atoms in total. The maximum absolute atomic E-state index is 11.4. The minimum atomic E-state index is -0.916. The first-order valence-electron chi connectivity index (χ1n) is 9.71. The van der Waals surface area contributed by atoms with E-state index in [2.05, 4.69) is 55.7 Å². The third-order valence-corrected chi connectivity index (χ3v) is 5.18. The highest BCUT2D eigenvalue weighted by molar-refractivity contribution is 5.87. The molecule has 4 aromatic rings. The van der Waals surface area contributed by atoms with Gasteiger partial charge >= 0.3 is 5.97 Å². The van der Waals surface area contributed by atoms with Crippen LogP contribution in [0, 0.1) is 0 Å². The number of benzene rings is 3. The van der Waals surface area contributed by atoms with E-state index in [-0.39, 0.29) is 5.41 Å². The van der Waals surface area contributed by atoms with Crippen LogP contribution in [0.1, 0.15) is 42.3 Å². The summed E-state index contributed by atoms with van der Waals surface area (Å²) < 4.78 is 2.16. The molecule has 0 radical (unpaired) electrons. The highest BCUT2D eigenvalue weighted by atomic mass is 16.4. The molecule has 0 atom stereocenters. The number of rotatable bonds is 4. The van der Waals surface area contributed by atoms with Gasteiger partial charge in [0.15, 0.2) is 0 Å². The van der Waals surface area contributed by atoms with Crippen LogP contribution < -0.4 is 0 Å². The number of nitrogens with zero attached hydrogens (tertiary/aromatic N) is 2. The van der Waals surface area contributed by atoms with Crippen molar-refractivity contribution >= 4 is 17.0 Å². The minimum absolute atomic E-state index is 0.0932. The van der Waals surface area contributed by atoms with E-state index in [1.165, 1.54) is 5.56 Å². The average Bonchev–Trinajstić information content (AvgIpc) is 3.06. The van der Waals surface area contributed by atoms with Gasteiger partial charge in [0, 0.05) is 12.1 Å². The SMILES string of the molecule is CC(C)(C)c1ccc(-c2nc3ccccc3n2Cc2cccc(C(=O)O)c2)cc1. The first-order valence-corrected chi connectivity index (χ1v) is 9.71. The minimum Gasteiger partial charge on any atom is -0.478 e. The van der Waals surface area contributed by atoms with Crippen molar-refractivity contribution in [3.05, 3.63) is 89.5 Å². The molecular weight excluding hydrogens is 360 g/mol. The number of carbonyl (C=O) groups is 1. The third-order valence-electron chi connectivity index (χ3n) is 5.18. The van der Waals surface area contributed by atoms with Crippen molar-refractivity contribution in [1.82, 2.24) is 9.55 Å². The molecule has 0 bridgehead atoms. The van der Waals surface area contributed by atoms with Gasteiger partial charge in [-0.15, -0.1) is 0 Å². The second-order valence-electron chi connectivity index (χ2n) is 8.34. The zero-order valence-corrected chi connectivity index (χ0v) is 16.9. The Kier molecular flexibility index (Phi) is 4.71. The largest absolute Gasteiger partial charge is 0.478 e. The zero-order chi connectivity index (χ0) is 20.6. The Bertz CT molecular complexity index is 1180. The lowest BCUT2D eigenvalue weighted by molar-refractivity contribution is 0.0696. The number of hydrogen-bond acceptors (Lipinski definition) is 2. The molecule has 4 rings (SSSR count). The summed E-state index contributed by atoms with van der Waals surface area (Å²) >= 11 is 0. The number of fused-ring (bicyclic) bond motifs is 1. The van der Waals surface area contributed by atoms with Crippen molar-refractivity contribution in [2.45, 2.75) is 32.7 Å². The summed E-state index contributed by atoms with van der Waals surface area (Å²) in [6.45, 7) is 7.16. The normalized spacial score (nSPS) is 11.7. The molecule has 0 aliphatic carbocycles. The van der Waals surface area contributed by atoms with Gasteiger partial charge in [-0.3, -0.25) is 0 Å². The Morgan fingerprint density at radius 2 is 1.69 bits per heavy atom. The van der Waals surface area contributed by atoms with Crippen LogP contribution in [0.3, 0.4) is 0 Å². The Hall–Kier alpha value is -3.40. The van der Waals surface area contributed by atoms with Gasteiger partial charge < -0.3 is 9.67 Å². The maximum atomic E-state index is 11.4. The first kappa shape index (κ1) is 18.9. The van der Waals surface area contributed by atoms with Crippen LogP contribution in [0.2, 0.25) is 0 Å². The lowest BCUT2D eigenvalue weighted by atomic mass is 9.87. The quantitative estimate of drug-likeness (QED) is 0.487. The van der Waals surface area contributed by atoms with E-state index >= 15 is 0 Å². The predicted octanol–water partition coefficient (Wildman–Crippen LogP) is 5.75. The summed E-state index contributed by atoms with van der Waals surface area (Å²) in [5.41, 5.74) is 5.60.